The molecule has 1 heterocycles. The molecule has 0 spiro atoms. The average Bonchev–Trinajstić information content (AvgIpc) is 2.26. The van der Waals surface area contributed by atoms with Gasteiger partial charge >= 0.3 is 11.9 Å². The molecule has 0 aliphatic heterocycles. The van der Waals surface area contributed by atoms with Crippen LogP contribution in [0.4, 0.5) is 5.82 Å². The zero-order valence-corrected chi connectivity index (χ0v) is 10.3. The van der Waals surface area contributed by atoms with Crippen molar-refractivity contribution in [2.24, 2.45) is 0 Å². The number of carboxylic acid groups (broad SMARTS) is 2. The van der Waals surface area contributed by atoms with Crippen LogP contribution in [0.1, 0.15) is 18.2 Å². The van der Waals surface area contributed by atoms with Gasteiger partial charge in [0, 0.05) is 17.8 Å². The van der Waals surface area contributed by atoms with Crippen molar-refractivity contribution in [2.45, 2.75) is 20.3 Å². The van der Waals surface area contributed by atoms with E-state index in [1.54, 1.807) is 0 Å². The van der Waals surface area contributed by atoms with Crippen LogP contribution in [0.5, 0.6) is 0 Å². The number of aliphatic carboxylic acids is 2. The second-order valence-corrected chi connectivity index (χ2v) is 3.42. The number of anilines is 1. The van der Waals surface area contributed by atoms with Gasteiger partial charge in [-0.15, -0.1) is 0 Å². The maximum atomic E-state index is 9.55. The van der Waals surface area contributed by atoms with Crippen molar-refractivity contribution in [3.8, 4) is 0 Å². The summed E-state index contributed by atoms with van der Waals surface area (Å²) in [5.74, 6) is -1.89. The zero-order valence-electron chi connectivity index (χ0n) is 10.3. The van der Waals surface area contributed by atoms with E-state index in [1.165, 1.54) is 5.56 Å². The van der Waals surface area contributed by atoms with Crippen LogP contribution in [0.2, 0.25) is 0 Å². The van der Waals surface area contributed by atoms with Crippen molar-refractivity contribution in [3.63, 3.8) is 0 Å². The molecule has 98 valence electrons. The number of pyridine rings is 1. The Morgan fingerprint density at radius 1 is 1.28 bits per heavy atom. The number of carbonyl (C=O) groups is 2. The van der Waals surface area contributed by atoms with E-state index in [1.807, 2.05) is 13.0 Å². The molecule has 0 saturated carbocycles. The summed E-state index contributed by atoms with van der Waals surface area (Å²) in [6.07, 6.45) is 2.07. The van der Waals surface area contributed by atoms with Gasteiger partial charge in [-0.05, 0) is 31.0 Å². The molecule has 0 aromatic carbocycles. The van der Waals surface area contributed by atoms with Crippen molar-refractivity contribution < 1.29 is 19.8 Å². The maximum Gasteiger partial charge on any atom is 0.328 e. The summed E-state index contributed by atoms with van der Waals surface area (Å²) in [4.78, 5) is 23.2. The molecule has 18 heavy (non-hydrogen) atoms. The lowest BCUT2D eigenvalue weighted by atomic mass is 10.2. The van der Waals surface area contributed by atoms with Crippen molar-refractivity contribution in [1.29, 1.82) is 0 Å². The zero-order chi connectivity index (χ0) is 14.1. The first kappa shape index (κ1) is 15.6. The Bertz CT molecular complexity index is 419. The third-order valence-electron chi connectivity index (χ3n) is 1.77. The highest BCUT2D eigenvalue weighted by molar-refractivity contribution is 5.89. The number of carboxylic acids is 2. The molecule has 1 aromatic heterocycles. The first-order chi connectivity index (χ1) is 8.35. The summed E-state index contributed by atoms with van der Waals surface area (Å²) in [5, 5.41) is 15.6. The molecule has 0 aliphatic rings. The van der Waals surface area contributed by atoms with E-state index in [2.05, 4.69) is 18.0 Å². The summed E-state index contributed by atoms with van der Waals surface area (Å²) in [7, 11) is 0. The van der Waals surface area contributed by atoms with Gasteiger partial charge in [0.2, 0.25) is 0 Å². The Balaban J connectivity index is 0.000000331. The van der Waals surface area contributed by atoms with Crippen LogP contribution in [0, 0.1) is 6.92 Å². The van der Waals surface area contributed by atoms with Gasteiger partial charge in [0.1, 0.15) is 5.82 Å². The molecule has 0 radical (unpaired) electrons. The van der Waals surface area contributed by atoms with Gasteiger partial charge in [-0.3, -0.25) is 0 Å². The number of hydrogen-bond acceptors (Lipinski definition) is 4. The predicted octanol–water partition coefficient (Wildman–Crippen LogP) is 1.25. The number of nitrogens with two attached hydrogens (primary N) is 1. The smallest absolute Gasteiger partial charge is 0.328 e. The Hall–Kier alpha value is -2.37. The molecule has 1 rings (SSSR count). The maximum absolute atomic E-state index is 9.55. The highest BCUT2D eigenvalue weighted by Gasteiger charge is 1.93. The second kappa shape index (κ2) is 7.83. The Kier molecular flexibility index (Phi) is 6.80. The standard InChI is InChI=1S/C8H12N2.C4H4O4/c1-3-7-4-6(2)5-8(9)10-7;5-3(6)1-2-4(7)8/h4-5H,3H2,1-2H3,(H2,9,10);1-2H,(H,5,6)(H,7,8)/b;2-1+. The molecule has 0 amide bonds. The van der Waals surface area contributed by atoms with Crippen LogP contribution in [0.15, 0.2) is 24.3 Å². The van der Waals surface area contributed by atoms with Crippen LogP contribution >= 0.6 is 0 Å². The quantitative estimate of drug-likeness (QED) is 0.697. The molecule has 0 bridgehead atoms. The van der Waals surface area contributed by atoms with Crippen LogP contribution in [-0.4, -0.2) is 27.1 Å². The third-order valence-corrected chi connectivity index (χ3v) is 1.77. The molecule has 0 saturated heterocycles. The fraction of sp³-hybridized carbons (Fsp3) is 0.250. The molecular weight excluding hydrogens is 236 g/mol. The topological polar surface area (TPSA) is 114 Å². The molecule has 0 atom stereocenters. The van der Waals surface area contributed by atoms with Crippen molar-refractivity contribution in [3.05, 3.63) is 35.5 Å². The normalized spacial score (nSPS) is 9.67. The van der Waals surface area contributed by atoms with E-state index in [9.17, 15) is 9.59 Å². The fourth-order valence-corrected chi connectivity index (χ4v) is 1.09. The first-order valence-electron chi connectivity index (χ1n) is 5.22. The van der Waals surface area contributed by atoms with E-state index in [0.29, 0.717) is 18.0 Å². The van der Waals surface area contributed by atoms with Crippen molar-refractivity contribution in [1.82, 2.24) is 4.98 Å². The molecule has 4 N–H and O–H groups in total. The van der Waals surface area contributed by atoms with Crippen LogP contribution in [-0.2, 0) is 16.0 Å². The number of aromatic nitrogens is 1. The highest BCUT2D eigenvalue weighted by Crippen LogP contribution is 2.05. The SMILES string of the molecule is CCc1cc(C)cc(N)n1.O=C(O)/C=C/C(=O)O. The number of aryl methyl sites for hydroxylation is 2. The molecule has 0 unspecified atom stereocenters. The lowest BCUT2D eigenvalue weighted by molar-refractivity contribution is -0.134. The Morgan fingerprint density at radius 3 is 2.11 bits per heavy atom. The molecule has 6 heteroatoms. The minimum absolute atomic E-state index is 0.558. The first-order valence-corrected chi connectivity index (χ1v) is 5.22. The van der Waals surface area contributed by atoms with E-state index in [-0.39, 0.29) is 0 Å². The number of rotatable bonds is 3. The Morgan fingerprint density at radius 2 is 1.78 bits per heavy atom. The molecule has 0 fully saturated rings. The average molecular weight is 252 g/mol. The van der Waals surface area contributed by atoms with Crippen LogP contribution < -0.4 is 5.73 Å². The van der Waals surface area contributed by atoms with Crippen LogP contribution in [0.3, 0.4) is 0 Å². The van der Waals surface area contributed by atoms with Gasteiger partial charge in [-0.2, -0.15) is 0 Å². The van der Waals surface area contributed by atoms with Gasteiger partial charge in [0.05, 0.1) is 0 Å². The van der Waals surface area contributed by atoms with Gasteiger partial charge in [-0.25, -0.2) is 14.6 Å². The highest BCUT2D eigenvalue weighted by atomic mass is 16.4. The lowest BCUT2D eigenvalue weighted by Gasteiger charge is -1.99. The van der Waals surface area contributed by atoms with Gasteiger partial charge in [0.25, 0.3) is 0 Å². The second-order valence-electron chi connectivity index (χ2n) is 3.42. The van der Waals surface area contributed by atoms with Gasteiger partial charge in [0.15, 0.2) is 0 Å². The van der Waals surface area contributed by atoms with E-state index < -0.39 is 11.9 Å². The minimum Gasteiger partial charge on any atom is -0.478 e. The summed E-state index contributed by atoms with van der Waals surface area (Å²) >= 11 is 0. The summed E-state index contributed by atoms with van der Waals surface area (Å²) in [6, 6.07) is 3.93. The molecular formula is C12H16N2O4. The minimum atomic E-state index is -1.26. The van der Waals surface area contributed by atoms with E-state index in [0.717, 1.165) is 12.1 Å². The molecule has 1 aromatic rings. The van der Waals surface area contributed by atoms with E-state index in [4.69, 9.17) is 15.9 Å². The summed E-state index contributed by atoms with van der Waals surface area (Å²) < 4.78 is 0. The molecule has 6 nitrogen and oxygen atoms in total. The van der Waals surface area contributed by atoms with E-state index >= 15 is 0 Å². The largest absolute Gasteiger partial charge is 0.478 e. The summed E-state index contributed by atoms with van der Waals surface area (Å²) in [6.45, 7) is 4.10. The fourth-order valence-electron chi connectivity index (χ4n) is 1.09. The number of nitrogen functional groups attached to an aromatic ring is 1. The van der Waals surface area contributed by atoms with Gasteiger partial charge in [-0.1, -0.05) is 6.92 Å². The van der Waals surface area contributed by atoms with Crippen molar-refractivity contribution >= 4 is 17.8 Å². The monoisotopic (exact) mass is 252 g/mol. The van der Waals surface area contributed by atoms with Gasteiger partial charge < -0.3 is 15.9 Å². The lowest BCUT2D eigenvalue weighted by Crippen LogP contribution is -1.95. The molecule has 0 aliphatic carbocycles. The third kappa shape index (κ3) is 7.86. The predicted molar refractivity (Wildman–Crippen MR) is 67.2 cm³/mol. The number of hydrogen-bond donors (Lipinski definition) is 3. The van der Waals surface area contributed by atoms with Crippen molar-refractivity contribution in [2.75, 3.05) is 5.73 Å². The Labute approximate surface area is 105 Å². The number of nitrogens with zero attached hydrogens (tertiary/aromatic N) is 1. The summed E-state index contributed by atoms with van der Waals surface area (Å²) in [5.41, 5.74) is 7.78. The van der Waals surface area contributed by atoms with Crippen LogP contribution in [0.25, 0.3) is 0 Å².